The van der Waals surface area contributed by atoms with E-state index in [-0.39, 0.29) is 32.1 Å². The second kappa shape index (κ2) is 9.14. The molecule has 0 unspecified atom stereocenters. The van der Waals surface area contributed by atoms with E-state index in [2.05, 4.69) is 4.74 Å². The Labute approximate surface area is 158 Å². The number of alkyl halides is 3. The van der Waals surface area contributed by atoms with Gasteiger partial charge in [0.1, 0.15) is 0 Å². The number of amides is 1. The Morgan fingerprint density at radius 1 is 1.36 bits per heavy atom. The SMILES string of the molecule is Cl.NC(=O)O[C@@H](CN1CCO[C@H](c2cc(Cl)cc(Cl)c2)C1)C(F)(F)F. The third kappa shape index (κ3) is 6.71. The first kappa shape index (κ1) is 22.1. The summed E-state index contributed by atoms with van der Waals surface area (Å²) in [4.78, 5) is 12.2. The summed E-state index contributed by atoms with van der Waals surface area (Å²) >= 11 is 11.9. The van der Waals surface area contributed by atoms with Crippen LogP contribution in [0.3, 0.4) is 0 Å². The number of primary amides is 1. The first-order valence-corrected chi connectivity index (χ1v) is 7.73. The monoisotopic (exact) mass is 422 g/mol. The number of ether oxygens (including phenoxy) is 2. The van der Waals surface area contributed by atoms with Gasteiger partial charge in [-0.25, -0.2) is 4.79 Å². The lowest BCUT2D eigenvalue weighted by Gasteiger charge is -2.35. The fourth-order valence-corrected chi connectivity index (χ4v) is 2.96. The van der Waals surface area contributed by atoms with Gasteiger partial charge in [-0.05, 0) is 23.8 Å². The van der Waals surface area contributed by atoms with Gasteiger partial charge in [-0.1, -0.05) is 23.2 Å². The van der Waals surface area contributed by atoms with Crippen molar-refractivity contribution >= 4 is 41.7 Å². The van der Waals surface area contributed by atoms with Crippen LogP contribution >= 0.6 is 35.6 Å². The van der Waals surface area contributed by atoms with Gasteiger partial charge in [0.15, 0.2) is 0 Å². The van der Waals surface area contributed by atoms with Gasteiger partial charge >= 0.3 is 12.3 Å². The van der Waals surface area contributed by atoms with E-state index in [1.54, 1.807) is 18.2 Å². The van der Waals surface area contributed by atoms with Crippen LogP contribution in [0, 0.1) is 0 Å². The number of nitrogens with two attached hydrogens (primary N) is 1. The van der Waals surface area contributed by atoms with Crippen LogP contribution in [0.5, 0.6) is 0 Å². The summed E-state index contributed by atoms with van der Waals surface area (Å²) in [5, 5.41) is 0.812. The lowest BCUT2D eigenvalue weighted by Crippen LogP contribution is -2.48. The summed E-state index contributed by atoms with van der Waals surface area (Å²) in [6.07, 6.45) is -8.96. The zero-order chi connectivity index (χ0) is 17.9. The number of carbonyl (C=O) groups excluding carboxylic acids is 1. The molecule has 1 heterocycles. The van der Waals surface area contributed by atoms with Crippen LogP contribution in [0.2, 0.25) is 10.0 Å². The molecule has 0 spiro atoms. The predicted molar refractivity (Wildman–Crippen MR) is 89.4 cm³/mol. The highest BCUT2D eigenvalue weighted by Gasteiger charge is 2.44. The molecule has 2 N–H and O–H groups in total. The molecular weight excluding hydrogens is 408 g/mol. The maximum Gasteiger partial charge on any atom is 0.426 e. The quantitative estimate of drug-likeness (QED) is 0.800. The Morgan fingerprint density at radius 2 is 1.96 bits per heavy atom. The van der Waals surface area contributed by atoms with E-state index in [1.165, 1.54) is 4.90 Å². The third-order valence-electron chi connectivity index (χ3n) is 3.45. The lowest BCUT2D eigenvalue weighted by atomic mass is 10.1. The van der Waals surface area contributed by atoms with Crippen molar-refractivity contribution in [3.05, 3.63) is 33.8 Å². The standard InChI is InChI=1S/C14H15Cl2F3N2O3.ClH/c15-9-3-8(4-10(16)5-9)11-6-21(1-2-23-11)7-12(14(17,18)19)24-13(20)22;/h3-5,11-12H,1-2,6-7H2,(H2,20,22);1H/t11-,12-;/m0./s1. The zero-order valence-electron chi connectivity index (χ0n) is 12.8. The van der Waals surface area contributed by atoms with Gasteiger partial charge in [-0.3, -0.25) is 4.90 Å². The molecule has 2 rings (SSSR count). The fraction of sp³-hybridized carbons (Fsp3) is 0.500. The fourth-order valence-electron chi connectivity index (χ4n) is 2.41. The number of hydrogen-bond acceptors (Lipinski definition) is 4. The Balaban J connectivity index is 0.00000312. The molecular formula is C14H16Cl3F3N2O3. The summed E-state index contributed by atoms with van der Waals surface area (Å²) in [6, 6.07) is 4.83. The van der Waals surface area contributed by atoms with Crippen molar-refractivity contribution in [2.45, 2.75) is 18.4 Å². The second-order valence-corrected chi connectivity index (χ2v) is 6.16. The summed E-state index contributed by atoms with van der Waals surface area (Å²) in [5.41, 5.74) is 5.38. The molecule has 11 heteroatoms. The van der Waals surface area contributed by atoms with Crippen molar-refractivity contribution in [1.29, 1.82) is 0 Å². The third-order valence-corrected chi connectivity index (χ3v) is 3.89. The molecule has 0 radical (unpaired) electrons. The Hall–Kier alpha value is -0.930. The molecule has 1 aliphatic rings. The van der Waals surface area contributed by atoms with E-state index >= 15 is 0 Å². The van der Waals surface area contributed by atoms with Crippen molar-refractivity contribution in [2.24, 2.45) is 5.73 Å². The van der Waals surface area contributed by atoms with Crippen molar-refractivity contribution in [2.75, 3.05) is 26.2 Å². The maximum absolute atomic E-state index is 12.9. The largest absolute Gasteiger partial charge is 0.435 e. The molecule has 1 aliphatic heterocycles. The number of hydrogen-bond donors (Lipinski definition) is 1. The highest BCUT2D eigenvalue weighted by molar-refractivity contribution is 6.34. The molecule has 0 aliphatic carbocycles. The minimum absolute atomic E-state index is 0. The number of benzene rings is 1. The van der Waals surface area contributed by atoms with Crippen LogP contribution in [-0.4, -0.2) is 49.5 Å². The molecule has 2 atom stereocenters. The smallest absolute Gasteiger partial charge is 0.426 e. The molecule has 1 fully saturated rings. The van der Waals surface area contributed by atoms with Gasteiger partial charge in [0.05, 0.1) is 12.7 Å². The number of nitrogens with zero attached hydrogens (tertiary/aromatic N) is 1. The highest BCUT2D eigenvalue weighted by atomic mass is 35.5. The molecule has 1 amide bonds. The summed E-state index contributed by atoms with van der Waals surface area (Å²) in [6.45, 7) is 0.126. The zero-order valence-corrected chi connectivity index (χ0v) is 15.1. The Morgan fingerprint density at radius 3 is 2.48 bits per heavy atom. The minimum Gasteiger partial charge on any atom is -0.435 e. The summed E-state index contributed by atoms with van der Waals surface area (Å²) in [7, 11) is 0. The first-order chi connectivity index (χ1) is 11.1. The van der Waals surface area contributed by atoms with Crippen LogP contribution < -0.4 is 5.73 Å². The van der Waals surface area contributed by atoms with Crippen LogP contribution in [0.4, 0.5) is 18.0 Å². The molecule has 5 nitrogen and oxygen atoms in total. The normalized spacial score (nSPS) is 19.8. The molecule has 25 heavy (non-hydrogen) atoms. The second-order valence-electron chi connectivity index (χ2n) is 5.29. The average Bonchev–Trinajstić information content (AvgIpc) is 2.44. The molecule has 0 bridgehead atoms. The summed E-state index contributed by atoms with van der Waals surface area (Å²) < 4.78 is 48.6. The van der Waals surface area contributed by atoms with E-state index < -0.39 is 31.0 Å². The molecule has 1 aromatic rings. The van der Waals surface area contributed by atoms with Crippen molar-refractivity contribution in [3.63, 3.8) is 0 Å². The minimum atomic E-state index is -4.71. The maximum atomic E-state index is 12.9. The van der Waals surface area contributed by atoms with E-state index in [0.29, 0.717) is 15.6 Å². The van der Waals surface area contributed by atoms with Gasteiger partial charge in [-0.2, -0.15) is 13.2 Å². The number of halogens is 6. The average molecular weight is 424 g/mol. The van der Waals surface area contributed by atoms with Crippen LogP contribution in [0.15, 0.2) is 18.2 Å². The number of morpholine rings is 1. The van der Waals surface area contributed by atoms with Gasteiger partial charge in [0.25, 0.3) is 0 Å². The number of carbonyl (C=O) groups is 1. The molecule has 1 aromatic carbocycles. The predicted octanol–water partition coefficient (Wildman–Crippen LogP) is 3.81. The van der Waals surface area contributed by atoms with Crippen molar-refractivity contribution in [1.82, 2.24) is 4.90 Å². The first-order valence-electron chi connectivity index (χ1n) is 6.98. The van der Waals surface area contributed by atoms with E-state index in [1.807, 2.05) is 0 Å². The molecule has 0 saturated carbocycles. The van der Waals surface area contributed by atoms with Crippen LogP contribution in [-0.2, 0) is 9.47 Å². The van der Waals surface area contributed by atoms with E-state index in [9.17, 15) is 18.0 Å². The molecule has 0 aromatic heterocycles. The van der Waals surface area contributed by atoms with E-state index in [4.69, 9.17) is 33.7 Å². The van der Waals surface area contributed by atoms with Crippen LogP contribution in [0.1, 0.15) is 11.7 Å². The van der Waals surface area contributed by atoms with E-state index in [0.717, 1.165) is 0 Å². The highest BCUT2D eigenvalue weighted by Crippen LogP contribution is 2.29. The lowest BCUT2D eigenvalue weighted by molar-refractivity contribution is -0.210. The van der Waals surface area contributed by atoms with Crippen LogP contribution in [0.25, 0.3) is 0 Å². The molecule has 142 valence electrons. The van der Waals surface area contributed by atoms with Gasteiger partial charge in [0.2, 0.25) is 6.10 Å². The Kier molecular flexibility index (Phi) is 8.08. The topological polar surface area (TPSA) is 64.8 Å². The van der Waals surface area contributed by atoms with Crippen molar-refractivity contribution in [3.8, 4) is 0 Å². The molecule has 1 saturated heterocycles. The van der Waals surface area contributed by atoms with Gasteiger partial charge < -0.3 is 15.2 Å². The number of rotatable bonds is 4. The van der Waals surface area contributed by atoms with Gasteiger partial charge in [0, 0.05) is 29.7 Å². The van der Waals surface area contributed by atoms with Crippen molar-refractivity contribution < 1.29 is 27.4 Å². The summed E-state index contributed by atoms with van der Waals surface area (Å²) in [5.74, 6) is 0. The van der Waals surface area contributed by atoms with Gasteiger partial charge in [-0.15, -0.1) is 12.4 Å². The Bertz CT molecular complexity index is 584.